The number of hydrogen-bond acceptors (Lipinski definition) is 5. The molecule has 9 heteroatoms. The molecule has 0 radical (unpaired) electrons. The highest BCUT2D eigenvalue weighted by Crippen LogP contribution is 2.19. The number of aryl methyl sites for hydroxylation is 2. The topological polar surface area (TPSA) is 119 Å². The highest BCUT2D eigenvalue weighted by Gasteiger charge is 2.25. The number of aromatic nitrogens is 4. The van der Waals surface area contributed by atoms with E-state index in [1.165, 1.54) is 0 Å². The number of nitrogens with two attached hydrogens (primary N) is 1. The van der Waals surface area contributed by atoms with Crippen LogP contribution >= 0.6 is 0 Å². The lowest BCUT2D eigenvalue weighted by Gasteiger charge is -2.29. The maximum Gasteiger partial charge on any atom is 0.330 e. The molecule has 0 aromatic carbocycles. The number of H-pyrrole nitrogens is 1. The van der Waals surface area contributed by atoms with Crippen molar-refractivity contribution in [2.45, 2.75) is 45.7 Å². The zero-order valence-corrected chi connectivity index (χ0v) is 15.3. The molecule has 1 aliphatic heterocycles. The number of likely N-dealkylation sites (tertiary alicyclic amines) is 1. The average Bonchev–Trinajstić information content (AvgIpc) is 2.92. The molecule has 26 heavy (non-hydrogen) atoms. The highest BCUT2D eigenvalue weighted by atomic mass is 16.2. The Balaban J connectivity index is 1.89. The fourth-order valence-corrected chi connectivity index (χ4v) is 3.53. The smallest absolute Gasteiger partial charge is 0.330 e. The first-order valence-corrected chi connectivity index (χ1v) is 9.12. The van der Waals surface area contributed by atoms with Crippen LogP contribution in [-0.2, 0) is 24.9 Å². The standard InChI is InChI=1S/C17H26N6O3/c1-3-4-7-23-15-13(16(25)20-17(23)26)21(2)12(19-15)10-22-8-5-11(6-9-22)14(18)24/h11H,3-10H2,1-2H3,(H2,18,24)(H,20,25,26). The molecule has 0 bridgehead atoms. The average molecular weight is 362 g/mol. The molecule has 3 rings (SSSR count). The van der Waals surface area contributed by atoms with Crippen LogP contribution in [0.1, 0.15) is 38.4 Å². The van der Waals surface area contributed by atoms with Crippen LogP contribution in [-0.4, -0.2) is 43.0 Å². The molecule has 2 aromatic rings. The maximum atomic E-state index is 12.3. The van der Waals surface area contributed by atoms with Gasteiger partial charge >= 0.3 is 5.69 Å². The largest absolute Gasteiger partial charge is 0.369 e. The summed E-state index contributed by atoms with van der Waals surface area (Å²) in [4.78, 5) is 44.9. The van der Waals surface area contributed by atoms with E-state index in [-0.39, 0.29) is 11.8 Å². The predicted octanol–water partition coefficient (Wildman–Crippen LogP) is -0.0793. The van der Waals surface area contributed by atoms with Crippen LogP contribution in [0.2, 0.25) is 0 Å². The molecule has 2 aromatic heterocycles. The van der Waals surface area contributed by atoms with Crippen molar-refractivity contribution in [2.24, 2.45) is 18.7 Å². The first-order chi connectivity index (χ1) is 12.4. The molecule has 1 amide bonds. The van der Waals surface area contributed by atoms with Gasteiger partial charge in [0.15, 0.2) is 11.2 Å². The van der Waals surface area contributed by atoms with Crippen molar-refractivity contribution in [1.82, 2.24) is 24.0 Å². The van der Waals surface area contributed by atoms with Gasteiger partial charge in [-0.1, -0.05) is 13.3 Å². The summed E-state index contributed by atoms with van der Waals surface area (Å²) in [5.41, 5.74) is 5.42. The van der Waals surface area contributed by atoms with Gasteiger partial charge < -0.3 is 10.3 Å². The Hall–Kier alpha value is -2.42. The Labute approximate surface area is 150 Å². The second kappa shape index (κ2) is 7.45. The lowest BCUT2D eigenvalue weighted by Crippen LogP contribution is -2.38. The molecule has 1 fully saturated rings. The molecule has 3 N–H and O–H groups in total. The van der Waals surface area contributed by atoms with Gasteiger partial charge in [-0.05, 0) is 32.4 Å². The number of carbonyl (C=O) groups is 1. The summed E-state index contributed by atoms with van der Waals surface area (Å²) in [5.74, 6) is 0.437. The molecule has 0 spiro atoms. The molecular formula is C17H26N6O3. The summed E-state index contributed by atoms with van der Waals surface area (Å²) >= 11 is 0. The van der Waals surface area contributed by atoms with E-state index in [1.54, 1.807) is 16.2 Å². The van der Waals surface area contributed by atoms with Crippen LogP contribution in [0, 0.1) is 5.92 Å². The molecule has 0 atom stereocenters. The van der Waals surface area contributed by atoms with Gasteiger partial charge in [-0.2, -0.15) is 0 Å². The minimum Gasteiger partial charge on any atom is -0.369 e. The summed E-state index contributed by atoms with van der Waals surface area (Å²) in [7, 11) is 1.80. The fourth-order valence-electron chi connectivity index (χ4n) is 3.53. The van der Waals surface area contributed by atoms with Gasteiger partial charge in [0.1, 0.15) is 5.82 Å². The number of hydrogen-bond donors (Lipinski definition) is 2. The van der Waals surface area contributed by atoms with Crippen LogP contribution in [0.4, 0.5) is 0 Å². The van der Waals surface area contributed by atoms with Crippen molar-refractivity contribution >= 4 is 17.1 Å². The predicted molar refractivity (Wildman–Crippen MR) is 97.7 cm³/mol. The lowest BCUT2D eigenvalue weighted by atomic mass is 9.96. The number of fused-ring (bicyclic) bond motifs is 1. The van der Waals surface area contributed by atoms with Gasteiger partial charge in [0, 0.05) is 19.5 Å². The Morgan fingerprint density at radius 1 is 1.31 bits per heavy atom. The summed E-state index contributed by atoms with van der Waals surface area (Å²) in [5, 5.41) is 0. The number of piperidine rings is 1. The summed E-state index contributed by atoms with van der Waals surface area (Å²) < 4.78 is 3.30. The first-order valence-electron chi connectivity index (χ1n) is 9.12. The zero-order chi connectivity index (χ0) is 18.8. The van der Waals surface area contributed by atoms with Crippen LogP contribution in [0.5, 0.6) is 0 Å². The minimum atomic E-state index is -0.414. The molecular weight excluding hydrogens is 336 g/mol. The normalized spacial score (nSPS) is 16.4. The Morgan fingerprint density at radius 3 is 2.62 bits per heavy atom. The third-order valence-electron chi connectivity index (χ3n) is 5.20. The number of nitrogens with zero attached hydrogens (tertiary/aromatic N) is 4. The van der Waals surface area contributed by atoms with Crippen molar-refractivity contribution in [2.75, 3.05) is 13.1 Å². The molecule has 1 aliphatic rings. The number of aromatic amines is 1. The van der Waals surface area contributed by atoms with Crippen molar-refractivity contribution in [3.8, 4) is 0 Å². The maximum absolute atomic E-state index is 12.3. The Morgan fingerprint density at radius 2 is 2.00 bits per heavy atom. The molecule has 0 unspecified atom stereocenters. The van der Waals surface area contributed by atoms with Crippen LogP contribution < -0.4 is 17.0 Å². The monoisotopic (exact) mass is 362 g/mol. The van der Waals surface area contributed by atoms with Crippen LogP contribution in [0.3, 0.4) is 0 Å². The number of unbranched alkanes of at least 4 members (excludes halogenated alkanes) is 1. The second-order valence-corrected chi connectivity index (χ2v) is 6.98. The number of nitrogens with one attached hydrogen (secondary N) is 1. The van der Waals surface area contributed by atoms with Gasteiger partial charge in [-0.15, -0.1) is 0 Å². The molecule has 0 saturated carbocycles. The summed E-state index contributed by atoms with van der Waals surface area (Å²) in [6, 6.07) is 0. The van der Waals surface area contributed by atoms with E-state index in [0.29, 0.717) is 24.3 Å². The SMILES string of the molecule is CCCCn1c(=O)[nH]c(=O)c2c1nc(CN1CCC(C(N)=O)CC1)n2C. The molecule has 1 saturated heterocycles. The van der Waals surface area contributed by atoms with E-state index < -0.39 is 11.2 Å². The number of amides is 1. The number of rotatable bonds is 6. The van der Waals surface area contributed by atoms with Gasteiger partial charge in [-0.3, -0.25) is 24.0 Å². The van der Waals surface area contributed by atoms with E-state index in [1.807, 2.05) is 6.92 Å². The molecule has 0 aliphatic carbocycles. The summed E-state index contributed by atoms with van der Waals surface area (Å²) in [6.45, 7) is 4.67. The molecule has 142 valence electrons. The molecule has 3 heterocycles. The Kier molecular flexibility index (Phi) is 5.26. The van der Waals surface area contributed by atoms with Crippen molar-refractivity contribution in [3.05, 3.63) is 26.7 Å². The van der Waals surface area contributed by atoms with E-state index in [2.05, 4.69) is 14.9 Å². The van der Waals surface area contributed by atoms with Crippen molar-refractivity contribution in [3.63, 3.8) is 0 Å². The van der Waals surface area contributed by atoms with E-state index >= 15 is 0 Å². The van der Waals surface area contributed by atoms with Crippen molar-refractivity contribution in [1.29, 1.82) is 0 Å². The van der Waals surface area contributed by atoms with E-state index in [4.69, 9.17) is 5.73 Å². The van der Waals surface area contributed by atoms with E-state index in [0.717, 1.165) is 44.6 Å². The van der Waals surface area contributed by atoms with Crippen LogP contribution in [0.25, 0.3) is 11.2 Å². The third-order valence-corrected chi connectivity index (χ3v) is 5.20. The Bertz CT molecular complexity index is 917. The van der Waals surface area contributed by atoms with Crippen LogP contribution in [0.15, 0.2) is 9.59 Å². The van der Waals surface area contributed by atoms with Crippen molar-refractivity contribution < 1.29 is 4.79 Å². The lowest BCUT2D eigenvalue weighted by molar-refractivity contribution is -0.123. The van der Waals surface area contributed by atoms with Gasteiger partial charge in [-0.25, -0.2) is 9.78 Å². The number of primary amides is 1. The second-order valence-electron chi connectivity index (χ2n) is 6.98. The molecule has 9 nitrogen and oxygen atoms in total. The quantitative estimate of drug-likeness (QED) is 0.745. The minimum absolute atomic E-state index is 0.0613. The van der Waals surface area contributed by atoms with E-state index in [9.17, 15) is 14.4 Å². The highest BCUT2D eigenvalue weighted by molar-refractivity contribution is 5.76. The summed E-state index contributed by atoms with van der Waals surface area (Å²) in [6.07, 6.45) is 3.26. The number of imidazole rings is 1. The zero-order valence-electron chi connectivity index (χ0n) is 15.3. The van der Waals surface area contributed by atoms with Gasteiger partial charge in [0.25, 0.3) is 5.56 Å². The van der Waals surface area contributed by atoms with Gasteiger partial charge in [0.05, 0.1) is 6.54 Å². The fraction of sp³-hybridized carbons (Fsp3) is 0.647. The van der Waals surface area contributed by atoms with Gasteiger partial charge in [0.2, 0.25) is 5.91 Å². The third kappa shape index (κ3) is 3.44. The first kappa shape index (κ1) is 18.4. The number of carbonyl (C=O) groups excluding carboxylic acids is 1.